The summed E-state index contributed by atoms with van der Waals surface area (Å²) in [5.41, 5.74) is 2.49. The van der Waals surface area contributed by atoms with Gasteiger partial charge in [-0.1, -0.05) is 11.6 Å². The summed E-state index contributed by atoms with van der Waals surface area (Å²) in [5, 5.41) is 11.1. The number of nitrogens with zero attached hydrogens (tertiary/aromatic N) is 3. The largest absolute Gasteiger partial charge is 0.352 e. The van der Waals surface area contributed by atoms with Gasteiger partial charge in [0, 0.05) is 13.6 Å². The van der Waals surface area contributed by atoms with Gasteiger partial charge in [-0.05, 0) is 13.8 Å². The van der Waals surface area contributed by atoms with Crippen LogP contribution < -0.4 is 15.7 Å². The topological polar surface area (TPSA) is 56.9 Å². The van der Waals surface area contributed by atoms with E-state index in [1.807, 2.05) is 16.5 Å². The summed E-state index contributed by atoms with van der Waals surface area (Å²) in [6, 6.07) is 0. The van der Waals surface area contributed by atoms with Crippen molar-refractivity contribution in [2.75, 3.05) is 23.9 Å². The lowest BCUT2D eigenvalue weighted by molar-refractivity contribution is 0.782. The van der Waals surface area contributed by atoms with Crippen molar-refractivity contribution in [3.05, 3.63) is 23.5 Å². The summed E-state index contributed by atoms with van der Waals surface area (Å²) in [6.45, 7) is 5.68. The molecule has 2 N–H and O–H groups in total. The van der Waals surface area contributed by atoms with Gasteiger partial charge in [-0.25, -0.2) is 4.98 Å². The summed E-state index contributed by atoms with van der Waals surface area (Å²) in [7, 11) is 1.96. The molecular weight excluding hydrogens is 202 g/mol. The average Bonchev–Trinajstić information content (AvgIpc) is 2.61. The van der Waals surface area contributed by atoms with Crippen molar-refractivity contribution in [2.45, 2.75) is 20.4 Å². The van der Waals surface area contributed by atoms with Crippen LogP contribution >= 0.6 is 0 Å². The Morgan fingerprint density at radius 2 is 2.38 bits per heavy atom. The molecule has 1 aliphatic rings. The van der Waals surface area contributed by atoms with E-state index in [9.17, 15) is 0 Å². The van der Waals surface area contributed by atoms with Crippen LogP contribution in [0.4, 0.5) is 11.5 Å². The lowest BCUT2D eigenvalue weighted by Crippen LogP contribution is -2.22. The van der Waals surface area contributed by atoms with E-state index in [1.165, 1.54) is 5.57 Å². The predicted octanol–water partition coefficient (Wildman–Crippen LogP) is 1.15. The van der Waals surface area contributed by atoms with Crippen LogP contribution in [0.5, 0.6) is 0 Å². The fraction of sp³-hybridized carbons (Fsp3) is 0.455. The Balaban J connectivity index is 2.42. The van der Waals surface area contributed by atoms with Crippen molar-refractivity contribution in [1.29, 1.82) is 5.41 Å². The van der Waals surface area contributed by atoms with Crippen LogP contribution in [0.3, 0.4) is 0 Å². The quantitative estimate of drug-likeness (QED) is 0.734. The molecule has 0 spiro atoms. The summed E-state index contributed by atoms with van der Waals surface area (Å²) in [6.07, 6.45) is 3.86. The molecule has 0 atom stereocenters. The summed E-state index contributed by atoms with van der Waals surface area (Å²) in [4.78, 5) is 6.10. The van der Waals surface area contributed by atoms with E-state index in [0.29, 0.717) is 5.49 Å². The van der Waals surface area contributed by atoms with Gasteiger partial charge in [0.25, 0.3) is 0 Å². The zero-order chi connectivity index (χ0) is 11.7. The first-order valence-corrected chi connectivity index (χ1v) is 5.32. The molecule has 2 heterocycles. The van der Waals surface area contributed by atoms with E-state index >= 15 is 0 Å². The van der Waals surface area contributed by atoms with Gasteiger partial charge in [0.15, 0.2) is 5.49 Å². The van der Waals surface area contributed by atoms with E-state index in [2.05, 4.69) is 30.2 Å². The van der Waals surface area contributed by atoms with E-state index < -0.39 is 0 Å². The molecule has 5 heteroatoms. The molecule has 0 aliphatic carbocycles. The maximum Gasteiger partial charge on any atom is 0.173 e. The third-order valence-electron chi connectivity index (χ3n) is 2.62. The molecular formula is C11H17N5. The van der Waals surface area contributed by atoms with Crippen molar-refractivity contribution in [2.24, 2.45) is 0 Å². The van der Waals surface area contributed by atoms with Crippen molar-refractivity contribution in [3.63, 3.8) is 0 Å². The van der Waals surface area contributed by atoms with Gasteiger partial charge in [-0.2, -0.15) is 0 Å². The number of anilines is 2. The number of nitrogens with one attached hydrogen (secondary N) is 2. The smallest absolute Gasteiger partial charge is 0.173 e. The monoisotopic (exact) mass is 219 g/mol. The Bertz CT molecular complexity index is 482. The van der Waals surface area contributed by atoms with Crippen molar-refractivity contribution >= 4 is 11.5 Å². The first kappa shape index (κ1) is 10.7. The standard InChI is InChI=1S/C11H17N5/c1-8(2)4-5-16-7-13-10(12)9-11(16)14-6-15(9)3/h4,7,12,14H,5-6H2,1-3H3. The van der Waals surface area contributed by atoms with Gasteiger partial charge in [0.2, 0.25) is 0 Å². The molecule has 0 amide bonds. The third-order valence-corrected chi connectivity index (χ3v) is 2.62. The van der Waals surface area contributed by atoms with E-state index in [4.69, 9.17) is 5.41 Å². The highest BCUT2D eigenvalue weighted by atomic mass is 15.3. The van der Waals surface area contributed by atoms with Crippen molar-refractivity contribution in [3.8, 4) is 0 Å². The Hall–Kier alpha value is -1.78. The van der Waals surface area contributed by atoms with Crippen molar-refractivity contribution < 1.29 is 0 Å². The number of hydrogen-bond acceptors (Lipinski definition) is 4. The van der Waals surface area contributed by atoms with Gasteiger partial charge in [0.1, 0.15) is 11.5 Å². The van der Waals surface area contributed by atoms with Crippen LogP contribution in [-0.2, 0) is 6.54 Å². The lowest BCUT2D eigenvalue weighted by Gasteiger charge is -2.11. The fourth-order valence-electron chi connectivity index (χ4n) is 1.73. The molecule has 0 bridgehead atoms. The van der Waals surface area contributed by atoms with Crippen LogP contribution in [0, 0.1) is 5.41 Å². The fourth-order valence-corrected chi connectivity index (χ4v) is 1.73. The third kappa shape index (κ3) is 1.80. The first-order valence-electron chi connectivity index (χ1n) is 5.32. The van der Waals surface area contributed by atoms with E-state index in [1.54, 1.807) is 6.33 Å². The average molecular weight is 219 g/mol. The molecule has 0 aromatic carbocycles. The Morgan fingerprint density at radius 3 is 3.06 bits per heavy atom. The molecule has 5 nitrogen and oxygen atoms in total. The van der Waals surface area contributed by atoms with Gasteiger partial charge in [-0.15, -0.1) is 0 Å². The maximum atomic E-state index is 7.77. The second-order valence-corrected chi connectivity index (χ2v) is 4.26. The first-order chi connectivity index (χ1) is 7.59. The van der Waals surface area contributed by atoms with Crippen LogP contribution in [0.15, 0.2) is 18.0 Å². The maximum absolute atomic E-state index is 7.77. The number of rotatable bonds is 2. The van der Waals surface area contributed by atoms with Crippen LogP contribution in [0.1, 0.15) is 13.8 Å². The summed E-state index contributed by atoms with van der Waals surface area (Å²) >= 11 is 0. The van der Waals surface area contributed by atoms with Crippen LogP contribution in [0.2, 0.25) is 0 Å². The SMILES string of the molecule is CC(C)=CCn1cnc(=N)c2c1NCN2C. The minimum atomic E-state index is 0.330. The van der Waals surface area contributed by atoms with Gasteiger partial charge in [-0.3, -0.25) is 5.41 Å². The Labute approximate surface area is 94.9 Å². The second kappa shape index (κ2) is 4.00. The van der Waals surface area contributed by atoms with Crippen LogP contribution in [-0.4, -0.2) is 23.3 Å². The molecule has 0 unspecified atom stereocenters. The van der Waals surface area contributed by atoms with Gasteiger partial charge < -0.3 is 14.8 Å². The minimum absolute atomic E-state index is 0.330. The molecule has 1 aromatic rings. The molecule has 1 aromatic heterocycles. The van der Waals surface area contributed by atoms with Gasteiger partial charge >= 0.3 is 0 Å². The number of hydrogen-bond donors (Lipinski definition) is 2. The van der Waals surface area contributed by atoms with Crippen molar-refractivity contribution in [1.82, 2.24) is 9.55 Å². The highest BCUT2D eigenvalue weighted by molar-refractivity contribution is 5.69. The highest BCUT2D eigenvalue weighted by Gasteiger charge is 2.19. The minimum Gasteiger partial charge on any atom is -0.352 e. The molecule has 2 rings (SSSR count). The van der Waals surface area contributed by atoms with Crippen LogP contribution in [0.25, 0.3) is 0 Å². The van der Waals surface area contributed by atoms with E-state index in [0.717, 1.165) is 24.7 Å². The van der Waals surface area contributed by atoms with E-state index in [-0.39, 0.29) is 0 Å². The zero-order valence-corrected chi connectivity index (χ0v) is 9.91. The zero-order valence-electron chi connectivity index (χ0n) is 9.91. The Kier molecular flexibility index (Phi) is 2.68. The summed E-state index contributed by atoms with van der Waals surface area (Å²) in [5.74, 6) is 0.986. The lowest BCUT2D eigenvalue weighted by atomic mass is 10.3. The molecule has 0 saturated carbocycles. The van der Waals surface area contributed by atoms with Gasteiger partial charge in [0.05, 0.1) is 13.0 Å². The highest BCUT2D eigenvalue weighted by Crippen LogP contribution is 2.24. The molecule has 0 radical (unpaired) electrons. The number of fused-ring (bicyclic) bond motifs is 1. The normalized spacial score (nSPS) is 13.3. The number of allylic oxidation sites excluding steroid dienone is 2. The molecule has 1 aliphatic heterocycles. The molecule has 86 valence electrons. The molecule has 16 heavy (non-hydrogen) atoms. The molecule has 0 fully saturated rings. The second-order valence-electron chi connectivity index (χ2n) is 4.26. The summed E-state index contributed by atoms with van der Waals surface area (Å²) < 4.78 is 2.03. The predicted molar refractivity (Wildman–Crippen MR) is 64.4 cm³/mol. The number of aromatic nitrogens is 2. The Morgan fingerprint density at radius 1 is 1.62 bits per heavy atom. The molecule has 0 saturated heterocycles.